The Morgan fingerprint density at radius 2 is 1.50 bits per heavy atom. The number of nitrogens with two attached hydrogens (primary N) is 1. The number of carbonyl (C=O) groups is 2. The largest absolute Gasteiger partial charge is 0.478 e. The van der Waals surface area contributed by atoms with Crippen molar-refractivity contribution in [3.8, 4) is 0 Å². The Labute approximate surface area is 95.1 Å². The number of aryl methyl sites for hydroxylation is 2. The molecular formula is C12H17NO3. The molecule has 0 bridgehead atoms. The first-order valence-corrected chi connectivity index (χ1v) is 5.08. The topological polar surface area (TPSA) is 80.4 Å². The van der Waals surface area contributed by atoms with Crippen molar-refractivity contribution in [3.05, 3.63) is 34.4 Å². The molecule has 0 fully saturated rings. The second-order valence-corrected chi connectivity index (χ2v) is 3.15. The van der Waals surface area contributed by atoms with E-state index in [1.54, 1.807) is 13.8 Å². The molecule has 0 radical (unpaired) electrons. The maximum atomic E-state index is 10.9. The number of hydrogen-bond donors (Lipinski definition) is 2. The van der Waals surface area contributed by atoms with Crippen LogP contribution in [0.5, 0.6) is 0 Å². The number of carboxylic acid groups (broad SMARTS) is 1. The van der Waals surface area contributed by atoms with E-state index in [0.29, 0.717) is 16.7 Å². The van der Waals surface area contributed by atoms with Gasteiger partial charge in [0.05, 0.1) is 5.56 Å². The van der Waals surface area contributed by atoms with Crippen molar-refractivity contribution in [2.45, 2.75) is 27.7 Å². The number of benzene rings is 1. The van der Waals surface area contributed by atoms with Gasteiger partial charge in [-0.25, -0.2) is 4.79 Å². The molecular weight excluding hydrogens is 206 g/mol. The first-order valence-electron chi connectivity index (χ1n) is 5.08. The predicted molar refractivity (Wildman–Crippen MR) is 62.7 cm³/mol. The highest BCUT2D eigenvalue weighted by atomic mass is 16.4. The van der Waals surface area contributed by atoms with Gasteiger partial charge in [-0.3, -0.25) is 4.79 Å². The monoisotopic (exact) mass is 223 g/mol. The second-order valence-electron chi connectivity index (χ2n) is 3.15. The van der Waals surface area contributed by atoms with Crippen LogP contribution < -0.4 is 5.73 Å². The van der Waals surface area contributed by atoms with Crippen molar-refractivity contribution < 1.29 is 14.7 Å². The minimum atomic E-state index is -0.990. The molecule has 0 aliphatic rings. The average molecular weight is 223 g/mol. The van der Waals surface area contributed by atoms with Gasteiger partial charge in [0.25, 0.3) is 0 Å². The third-order valence-electron chi connectivity index (χ3n) is 2.03. The van der Waals surface area contributed by atoms with Crippen LogP contribution in [0.15, 0.2) is 12.1 Å². The number of hydrogen-bond acceptors (Lipinski definition) is 2. The van der Waals surface area contributed by atoms with E-state index >= 15 is 0 Å². The fourth-order valence-electron chi connectivity index (χ4n) is 1.44. The maximum absolute atomic E-state index is 10.9. The molecule has 0 aliphatic heterocycles. The quantitative estimate of drug-likeness (QED) is 0.805. The zero-order chi connectivity index (χ0) is 12.9. The summed E-state index contributed by atoms with van der Waals surface area (Å²) in [6, 6.07) is 2.97. The minimum Gasteiger partial charge on any atom is -0.478 e. The Kier molecular flexibility index (Phi) is 5.22. The van der Waals surface area contributed by atoms with Gasteiger partial charge in [-0.15, -0.1) is 0 Å². The van der Waals surface area contributed by atoms with Crippen molar-refractivity contribution in [1.29, 1.82) is 0 Å². The van der Waals surface area contributed by atoms with Crippen LogP contribution in [-0.4, -0.2) is 17.0 Å². The molecule has 3 N–H and O–H groups in total. The highest BCUT2D eigenvalue weighted by molar-refractivity contribution is 5.96. The van der Waals surface area contributed by atoms with E-state index in [4.69, 9.17) is 10.8 Å². The van der Waals surface area contributed by atoms with E-state index in [1.165, 1.54) is 12.1 Å². The van der Waals surface area contributed by atoms with Crippen LogP contribution in [-0.2, 0) is 0 Å². The minimum absolute atomic E-state index is 0.231. The third kappa shape index (κ3) is 3.08. The fraction of sp³-hybridized carbons (Fsp3) is 0.333. The van der Waals surface area contributed by atoms with Crippen LogP contribution in [0.25, 0.3) is 0 Å². The molecule has 0 unspecified atom stereocenters. The Morgan fingerprint density at radius 3 is 1.75 bits per heavy atom. The van der Waals surface area contributed by atoms with Gasteiger partial charge in [0.2, 0.25) is 5.91 Å². The van der Waals surface area contributed by atoms with Crippen molar-refractivity contribution in [2.24, 2.45) is 5.73 Å². The van der Waals surface area contributed by atoms with E-state index in [-0.39, 0.29) is 5.56 Å². The van der Waals surface area contributed by atoms with Gasteiger partial charge in [0, 0.05) is 5.56 Å². The highest BCUT2D eigenvalue weighted by Gasteiger charge is 2.13. The molecule has 0 aromatic heterocycles. The molecule has 0 aliphatic carbocycles. The van der Waals surface area contributed by atoms with Crippen LogP contribution in [0.2, 0.25) is 0 Å². The molecule has 1 aromatic rings. The van der Waals surface area contributed by atoms with Gasteiger partial charge >= 0.3 is 5.97 Å². The molecule has 0 spiro atoms. The summed E-state index contributed by atoms with van der Waals surface area (Å²) in [6.07, 6.45) is 0. The van der Waals surface area contributed by atoms with E-state index in [9.17, 15) is 9.59 Å². The summed E-state index contributed by atoms with van der Waals surface area (Å²) < 4.78 is 0. The smallest absolute Gasteiger partial charge is 0.336 e. The average Bonchev–Trinajstić information content (AvgIpc) is 2.18. The van der Waals surface area contributed by atoms with E-state index < -0.39 is 11.9 Å². The van der Waals surface area contributed by atoms with Crippen LogP contribution in [0.1, 0.15) is 45.7 Å². The Morgan fingerprint density at radius 1 is 1.12 bits per heavy atom. The van der Waals surface area contributed by atoms with Crippen molar-refractivity contribution in [1.82, 2.24) is 0 Å². The summed E-state index contributed by atoms with van der Waals surface area (Å²) in [6.45, 7) is 7.28. The predicted octanol–water partition coefficient (Wildman–Crippen LogP) is 2.13. The first kappa shape index (κ1) is 14.2. The Balaban J connectivity index is 0.00000106. The maximum Gasteiger partial charge on any atom is 0.336 e. The number of aromatic carboxylic acids is 1. The molecule has 1 amide bonds. The molecule has 4 nitrogen and oxygen atoms in total. The first-order chi connectivity index (χ1) is 7.43. The van der Waals surface area contributed by atoms with E-state index in [0.717, 1.165) is 0 Å². The molecule has 0 atom stereocenters. The SMILES string of the molecule is CC.Cc1cc(C(N)=O)cc(C)c1C(=O)O. The standard InChI is InChI=1S/C10H11NO3.C2H6/c1-5-3-7(9(11)12)4-6(2)8(5)10(13)14;1-2/h3-4H,1-2H3,(H2,11,12)(H,13,14);1-2H3. The number of carboxylic acids is 1. The summed E-state index contributed by atoms with van der Waals surface area (Å²) in [5.74, 6) is -1.54. The lowest BCUT2D eigenvalue weighted by Gasteiger charge is -2.06. The molecule has 16 heavy (non-hydrogen) atoms. The molecule has 1 rings (SSSR count). The van der Waals surface area contributed by atoms with Crippen molar-refractivity contribution in [2.75, 3.05) is 0 Å². The third-order valence-corrected chi connectivity index (χ3v) is 2.03. The normalized spacial score (nSPS) is 9.00. The second kappa shape index (κ2) is 5.90. The van der Waals surface area contributed by atoms with Crippen LogP contribution in [0.4, 0.5) is 0 Å². The van der Waals surface area contributed by atoms with E-state index in [2.05, 4.69) is 0 Å². The summed E-state index contributed by atoms with van der Waals surface area (Å²) in [5.41, 5.74) is 6.76. The molecule has 4 heteroatoms. The van der Waals surface area contributed by atoms with Crippen LogP contribution in [0.3, 0.4) is 0 Å². The number of primary amides is 1. The van der Waals surface area contributed by atoms with Gasteiger partial charge < -0.3 is 10.8 Å². The molecule has 0 heterocycles. The summed E-state index contributed by atoms with van der Waals surface area (Å²) in [4.78, 5) is 21.7. The molecule has 0 saturated heterocycles. The summed E-state index contributed by atoms with van der Waals surface area (Å²) >= 11 is 0. The lowest BCUT2D eigenvalue weighted by Crippen LogP contribution is -2.13. The van der Waals surface area contributed by atoms with Gasteiger partial charge in [-0.2, -0.15) is 0 Å². The lowest BCUT2D eigenvalue weighted by atomic mass is 9.99. The van der Waals surface area contributed by atoms with Gasteiger partial charge in [-0.05, 0) is 37.1 Å². The zero-order valence-corrected chi connectivity index (χ0v) is 10.00. The van der Waals surface area contributed by atoms with Crippen molar-refractivity contribution in [3.63, 3.8) is 0 Å². The molecule has 88 valence electrons. The van der Waals surface area contributed by atoms with Crippen LogP contribution >= 0.6 is 0 Å². The number of carbonyl (C=O) groups excluding carboxylic acids is 1. The molecule has 0 saturated carbocycles. The summed E-state index contributed by atoms with van der Waals surface area (Å²) in [7, 11) is 0. The Hall–Kier alpha value is -1.84. The van der Waals surface area contributed by atoms with E-state index in [1.807, 2.05) is 13.8 Å². The Bertz CT molecular complexity index is 388. The van der Waals surface area contributed by atoms with Gasteiger partial charge in [0.1, 0.15) is 0 Å². The molecule has 1 aromatic carbocycles. The zero-order valence-electron chi connectivity index (χ0n) is 10.00. The van der Waals surface area contributed by atoms with Gasteiger partial charge in [0.15, 0.2) is 0 Å². The highest BCUT2D eigenvalue weighted by Crippen LogP contribution is 2.16. The number of rotatable bonds is 2. The lowest BCUT2D eigenvalue weighted by molar-refractivity contribution is 0.0694. The van der Waals surface area contributed by atoms with Crippen molar-refractivity contribution >= 4 is 11.9 Å². The van der Waals surface area contributed by atoms with Gasteiger partial charge in [-0.1, -0.05) is 13.8 Å². The number of amides is 1. The summed E-state index contributed by atoms with van der Waals surface area (Å²) in [5, 5.41) is 8.86. The van der Waals surface area contributed by atoms with Crippen LogP contribution in [0, 0.1) is 13.8 Å². The fourth-order valence-corrected chi connectivity index (χ4v) is 1.44.